The number of nitrogens with zero attached hydrogens (tertiary/aromatic N) is 4. The minimum atomic E-state index is -4.04. The molecule has 0 saturated carbocycles. The topological polar surface area (TPSA) is 148 Å². The molecule has 2 aromatic carbocycles. The van der Waals surface area contributed by atoms with Crippen LogP contribution in [0.15, 0.2) is 58.6 Å². The average molecular weight is 533 g/mol. The van der Waals surface area contributed by atoms with Gasteiger partial charge in [-0.05, 0) is 55.3 Å². The van der Waals surface area contributed by atoms with Crippen LogP contribution in [0.2, 0.25) is 0 Å². The lowest BCUT2D eigenvalue weighted by Crippen LogP contribution is -2.49. The van der Waals surface area contributed by atoms with Gasteiger partial charge in [0.15, 0.2) is 0 Å². The monoisotopic (exact) mass is 532 g/mol. The van der Waals surface area contributed by atoms with E-state index < -0.39 is 26.0 Å². The number of amides is 1. The Kier molecular flexibility index (Phi) is 6.92. The number of primary sulfonamides is 1. The minimum absolute atomic E-state index is 0.106. The number of carbonyl (C=O) groups is 1. The van der Waals surface area contributed by atoms with E-state index in [2.05, 4.69) is 22.2 Å². The van der Waals surface area contributed by atoms with Crippen molar-refractivity contribution < 1.29 is 21.6 Å². The lowest BCUT2D eigenvalue weighted by Gasteiger charge is -2.36. The van der Waals surface area contributed by atoms with Crippen LogP contribution in [0.3, 0.4) is 0 Å². The Bertz CT molecular complexity index is 1510. The summed E-state index contributed by atoms with van der Waals surface area (Å²) in [5.41, 5.74) is 3.59. The SMILES string of the molecule is Cc1cccc(N2CCN(S(=O)(=O)c3nn(C)cc3C(=O)Nc3ccc(S(N)(=O)=O)cc3)CC2)c1C. The van der Waals surface area contributed by atoms with Crippen LogP contribution < -0.4 is 15.4 Å². The zero-order chi connectivity index (χ0) is 26.3. The number of nitrogens with two attached hydrogens (primary N) is 1. The highest BCUT2D eigenvalue weighted by molar-refractivity contribution is 7.89. The molecule has 2 heterocycles. The number of hydrogen-bond donors (Lipinski definition) is 2. The second kappa shape index (κ2) is 9.65. The highest BCUT2D eigenvalue weighted by Crippen LogP contribution is 2.26. The van der Waals surface area contributed by atoms with E-state index in [9.17, 15) is 21.6 Å². The lowest BCUT2D eigenvalue weighted by molar-refractivity contribution is 0.102. The number of sulfonamides is 2. The van der Waals surface area contributed by atoms with E-state index in [1.54, 1.807) is 0 Å². The van der Waals surface area contributed by atoms with Crippen molar-refractivity contribution in [1.82, 2.24) is 14.1 Å². The molecule has 1 aliphatic heterocycles. The molecule has 11 nitrogen and oxygen atoms in total. The first-order chi connectivity index (χ1) is 16.9. The highest BCUT2D eigenvalue weighted by atomic mass is 32.2. The van der Waals surface area contributed by atoms with Gasteiger partial charge in [0, 0.05) is 50.8 Å². The number of anilines is 2. The second-order valence-electron chi connectivity index (χ2n) is 8.66. The van der Waals surface area contributed by atoms with Crippen molar-refractivity contribution in [3.8, 4) is 0 Å². The van der Waals surface area contributed by atoms with Gasteiger partial charge >= 0.3 is 0 Å². The van der Waals surface area contributed by atoms with Gasteiger partial charge in [-0.2, -0.15) is 9.40 Å². The van der Waals surface area contributed by atoms with E-state index in [0.29, 0.717) is 13.1 Å². The molecule has 1 fully saturated rings. The Hall–Kier alpha value is -3.26. The molecule has 1 saturated heterocycles. The Morgan fingerprint density at radius 2 is 1.61 bits per heavy atom. The Morgan fingerprint density at radius 3 is 2.22 bits per heavy atom. The maximum Gasteiger partial charge on any atom is 0.263 e. The van der Waals surface area contributed by atoms with Gasteiger partial charge in [0.25, 0.3) is 15.9 Å². The van der Waals surface area contributed by atoms with Gasteiger partial charge in [0.2, 0.25) is 15.0 Å². The van der Waals surface area contributed by atoms with Crippen molar-refractivity contribution in [2.45, 2.75) is 23.8 Å². The predicted octanol–water partition coefficient (Wildman–Crippen LogP) is 1.45. The van der Waals surface area contributed by atoms with Crippen LogP contribution in [0, 0.1) is 13.8 Å². The molecular weight excluding hydrogens is 504 g/mol. The first kappa shape index (κ1) is 25.8. The molecule has 3 aromatic rings. The molecule has 1 aliphatic rings. The Labute approximate surface area is 210 Å². The van der Waals surface area contributed by atoms with E-state index in [1.165, 1.54) is 52.1 Å². The van der Waals surface area contributed by atoms with Crippen LogP contribution in [-0.4, -0.2) is 63.0 Å². The summed E-state index contributed by atoms with van der Waals surface area (Å²) in [4.78, 5) is 15.0. The predicted molar refractivity (Wildman–Crippen MR) is 136 cm³/mol. The molecule has 3 N–H and O–H groups in total. The molecule has 0 unspecified atom stereocenters. The third-order valence-corrected chi connectivity index (χ3v) is 8.98. The molecule has 1 aromatic heterocycles. The number of nitrogens with one attached hydrogen (secondary N) is 1. The summed E-state index contributed by atoms with van der Waals surface area (Å²) in [5, 5.41) is 11.4. The number of piperazine rings is 1. The number of benzene rings is 2. The normalized spacial score (nSPS) is 15.2. The fourth-order valence-electron chi connectivity index (χ4n) is 4.11. The van der Waals surface area contributed by atoms with Crippen molar-refractivity contribution in [2.75, 3.05) is 36.4 Å². The van der Waals surface area contributed by atoms with Gasteiger partial charge < -0.3 is 10.2 Å². The molecule has 4 rings (SSSR count). The summed E-state index contributed by atoms with van der Waals surface area (Å²) >= 11 is 0. The van der Waals surface area contributed by atoms with Crippen molar-refractivity contribution in [3.05, 3.63) is 65.4 Å². The average Bonchev–Trinajstić information content (AvgIpc) is 3.23. The van der Waals surface area contributed by atoms with Crippen LogP contribution in [-0.2, 0) is 27.1 Å². The molecule has 1 amide bonds. The zero-order valence-electron chi connectivity index (χ0n) is 20.2. The van der Waals surface area contributed by atoms with Gasteiger partial charge in [-0.3, -0.25) is 9.48 Å². The van der Waals surface area contributed by atoms with Gasteiger partial charge in [0.05, 0.1) is 10.5 Å². The minimum Gasteiger partial charge on any atom is -0.369 e. The molecule has 0 spiro atoms. The summed E-state index contributed by atoms with van der Waals surface area (Å²) < 4.78 is 52.4. The van der Waals surface area contributed by atoms with Crippen molar-refractivity contribution in [2.24, 2.45) is 12.2 Å². The zero-order valence-corrected chi connectivity index (χ0v) is 21.8. The Balaban J connectivity index is 1.52. The molecule has 13 heteroatoms. The molecule has 0 atom stereocenters. The van der Waals surface area contributed by atoms with E-state index >= 15 is 0 Å². The highest BCUT2D eigenvalue weighted by Gasteiger charge is 2.35. The molecular formula is C23H28N6O5S2. The number of aromatic nitrogens is 2. The molecule has 192 valence electrons. The van der Waals surface area contributed by atoms with Crippen molar-refractivity contribution in [3.63, 3.8) is 0 Å². The van der Waals surface area contributed by atoms with Crippen LogP contribution >= 0.6 is 0 Å². The second-order valence-corrected chi connectivity index (χ2v) is 12.1. The third-order valence-electron chi connectivity index (χ3n) is 6.22. The van der Waals surface area contributed by atoms with E-state index in [1.807, 2.05) is 25.1 Å². The molecule has 0 aliphatic carbocycles. The van der Waals surface area contributed by atoms with E-state index in [0.717, 1.165) is 11.3 Å². The summed E-state index contributed by atoms with van der Waals surface area (Å²) in [6.07, 6.45) is 1.34. The number of hydrogen-bond acceptors (Lipinski definition) is 7. The van der Waals surface area contributed by atoms with Gasteiger partial charge in [-0.15, -0.1) is 0 Å². The molecule has 0 radical (unpaired) electrons. The van der Waals surface area contributed by atoms with E-state index in [-0.39, 0.29) is 34.3 Å². The standard InChI is InChI=1S/C23H28N6O5S2/c1-16-5-4-6-21(17(16)2)28-11-13-29(14-12-28)36(33,34)23-20(15-27(3)26-23)22(30)25-18-7-9-19(10-8-18)35(24,31)32/h4-10,15H,11-14H2,1-3H3,(H,25,30)(H2,24,31,32). The van der Waals surface area contributed by atoms with Gasteiger partial charge in [0.1, 0.15) is 0 Å². The largest absolute Gasteiger partial charge is 0.369 e. The number of carbonyl (C=O) groups excluding carboxylic acids is 1. The molecule has 36 heavy (non-hydrogen) atoms. The van der Waals surface area contributed by atoms with Crippen LogP contribution in [0.1, 0.15) is 21.5 Å². The maximum atomic E-state index is 13.5. The summed E-state index contributed by atoms with van der Waals surface area (Å²) in [6, 6.07) is 11.3. The summed E-state index contributed by atoms with van der Waals surface area (Å²) in [7, 11) is -6.38. The fraction of sp³-hybridized carbons (Fsp3) is 0.304. The van der Waals surface area contributed by atoms with Gasteiger partial charge in [-0.1, -0.05) is 12.1 Å². The number of rotatable bonds is 6. The third kappa shape index (κ3) is 5.14. The van der Waals surface area contributed by atoms with Crippen molar-refractivity contribution >= 4 is 37.3 Å². The van der Waals surface area contributed by atoms with E-state index in [4.69, 9.17) is 5.14 Å². The van der Waals surface area contributed by atoms with Crippen LogP contribution in [0.4, 0.5) is 11.4 Å². The smallest absolute Gasteiger partial charge is 0.263 e. The molecule has 0 bridgehead atoms. The van der Waals surface area contributed by atoms with Crippen LogP contribution in [0.5, 0.6) is 0 Å². The number of aryl methyl sites for hydroxylation is 2. The summed E-state index contributed by atoms with van der Waals surface area (Å²) in [6.45, 7) is 5.62. The first-order valence-electron chi connectivity index (χ1n) is 11.2. The first-order valence-corrected chi connectivity index (χ1v) is 14.2. The van der Waals surface area contributed by atoms with Crippen molar-refractivity contribution in [1.29, 1.82) is 0 Å². The van der Waals surface area contributed by atoms with Gasteiger partial charge in [-0.25, -0.2) is 22.0 Å². The lowest BCUT2D eigenvalue weighted by atomic mass is 10.1. The Morgan fingerprint density at radius 1 is 0.972 bits per heavy atom. The fourth-order valence-corrected chi connectivity index (χ4v) is 6.17. The van der Waals surface area contributed by atoms with Crippen LogP contribution in [0.25, 0.3) is 0 Å². The summed E-state index contributed by atoms with van der Waals surface area (Å²) in [5.74, 6) is -0.681. The maximum absolute atomic E-state index is 13.5. The quantitative estimate of drug-likeness (QED) is 0.488.